The molecule has 0 saturated heterocycles. The van der Waals surface area contributed by atoms with Gasteiger partial charge in [0.25, 0.3) is 11.6 Å². The number of allylic oxidation sites excluding steroid dienone is 3. The van der Waals surface area contributed by atoms with Crippen LogP contribution in [0, 0.1) is 10.1 Å². The normalized spacial score (nSPS) is 17.5. The smallest absolute Gasteiger partial charge is 0.277 e. The Bertz CT molecular complexity index is 916. The van der Waals surface area contributed by atoms with Crippen molar-refractivity contribution in [2.75, 3.05) is 0 Å². The Morgan fingerprint density at radius 3 is 2.64 bits per heavy atom. The second kappa shape index (κ2) is 6.52. The van der Waals surface area contributed by atoms with Crippen LogP contribution in [0.1, 0.15) is 30.1 Å². The van der Waals surface area contributed by atoms with Crippen LogP contribution in [-0.2, 0) is 0 Å². The molecule has 0 radical (unpaired) electrons. The third-order valence-corrected chi connectivity index (χ3v) is 4.45. The Kier molecular flexibility index (Phi) is 4.41. The molecule has 1 unspecified atom stereocenters. The Labute approximate surface area is 148 Å². The number of nitro groups is 1. The van der Waals surface area contributed by atoms with Crippen molar-refractivity contribution in [3.8, 4) is 0 Å². The summed E-state index contributed by atoms with van der Waals surface area (Å²) in [7, 11) is 0. The van der Waals surface area contributed by atoms with E-state index in [0.717, 1.165) is 0 Å². The highest BCUT2D eigenvalue weighted by molar-refractivity contribution is 6.31. The van der Waals surface area contributed by atoms with Crippen LogP contribution in [0.25, 0.3) is 0 Å². The van der Waals surface area contributed by atoms with Gasteiger partial charge >= 0.3 is 0 Å². The first-order chi connectivity index (χ1) is 11.9. The van der Waals surface area contributed by atoms with Gasteiger partial charge in [0.2, 0.25) is 0 Å². The number of carbonyl (C=O) groups is 1. The molecule has 1 N–H and O–H groups in total. The Morgan fingerprint density at radius 2 is 2.04 bits per heavy atom. The topological polar surface area (TPSA) is 90.1 Å². The van der Waals surface area contributed by atoms with E-state index in [0.29, 0.717) is 22.0 Å². The molecule has 0 bridgehead atoms. The van der Waals surface area contributed by atoms with E-state index < -0.39 is 10.8 Å². The highest BCUT2D eigenvalue weighted by Gasteiger charge is 2.41. The van der Waals surface area contributed by atoms with Crippen molar-refractivity contribution >= 4 is 17.5 Å². The SMILES string of the molecule is CC1=C(C(=O)n2ccnc2)C(c2ccccc2Cl)C([N+](=O)[O-])=C(C)N1. The quantitative estimate of drug-likeness (QED) is 0.671. The van der Waals surface area contributed by atoms with Gasteiger partial charge in [0.15, 0.2) is 0 Å². The van der Waals surface area contributed by atoms with E-state index in [1.54, 1.807) is 38.1 Å². The van der Waals surface area contributed by atoms with Gasteiger partial charge in [0, 0.05) is 23.1 Å². The lowest BCUT2D eigenvalue weighted by Gasteiger charge is -2.27. The zero-order chi connectivity index (χ0) is 18.1. The number of hydrogen-bond donors (Lipinski definition) is 1. The van der Waals surface area contributed by atoms with E-state index in [4.69, 9.17) is 11.6 Å². The van der Waals surface area contributed by atoms with Crippen LogP contribution >= 0.6 is 11.6 Å². The number of nitrogens with one attached hydrogen (secondary N) is 1. The average Bonchev–Trinajstić information content (AvgIpc) is 3.08. The van der Waals surface area contributed by atoms with Crippen molar-refractivity contribution in [1.82, 2.24) is 14.9 Å². The van der Waals surface area contributed by atoms with Crippen LogP contribution < -0.4 is 5.32 Å². The molecule has 0 fully saturated rings. The van der Waals surface area contributed by atoms with E-state index in [1.165, 1.54) is 23.3 Å². The molecule has 25 heavy (non-hydrogen) atoms. The van der Waals surface area contributed by atoms with E-state index in [2.05, 4.69) is 10.3 Å². The molecular weight excluding hydrogens is 344 g/mol. The maximum absolute atomic E-state index is 13.0. The lowest BCUT2D eigenvalue weighted by molar-refractivity contribution is -0.431. The van der Waals surface area contributed by atoms with Crippen molar-refractivity contribution in [3.05, 3.63) is 86.4 Å². The lowest BCUT2D eigenvalue weighted by Crippen LogP contribution is -2.32. The van der Waals surface area contributed by atoms with Crippen molar-refractivity contribution in [2.45, 2.75) is 19.8 Å². The van der Waals surface area contributed by atoms with E-state index in [1.807, 2.05) is 0 Å². The fraction of sp³-hybridized carbons (Fsp3) is 0.176. The number of dihydropyridines is 1. The summed E-state index contributed by atoms with van der Waals surface area (Å²) in [6.45, 7) is 3.33. The van der Waals surface area contributed by atoms with Gasteiger partial charge in [-0.2, -0.15) is 0 Å². The third kappa shape index (κ3) is 2.94. The molecule has 0 aliphatic carbocycles. The maximum Gasteiger partial charge on any atom is 0.277 e. The Hall–Kier alpha value is -2.93. The summed E-state index contributed by atoms with van der Waals surface area (Å²) >= 11 is 6.30. The first-order valence-electron chi connectivity index (χ1n) is 7.51. The Balaban J connectivity index is 2.24. The number of hydrogen-bond acceptors (Lipinski definition) is 5. The summed E-state index contributed by atoms with van der Waals surface area (Å²) in [6.07, 6.45) is 4.34. The summed E-state index contributed by atoms with van der Waals surface area (Å²) in [4.78, 5) is 28.1. The molecule has 1 aromatic heterocycles. The fourth-order valence-electron chi connectivity index (χ4n) is 3.04. The highest BCUT2D eigenvalue weighted by Crippen LogP contribution is 2.41. The van der Waals surface area contributed by atoms with Gasteiger partial charge in [0.1, 0.15) is 12.2 Å². The molecule has 128 valence electrons. The predicted octanol–water partition coefficient (Wildman–Crippen LogP) is 3.35. The molecule has 2 heterocycles. The first kappa shape index (κ1) is 16.9. The molecule has 8 heteroatoms. The van der Waals surface area contributed by atoms with Gasteiger partial charge < -0.3 is 5.32 Å². The Morgan fingerprint density at radius 1 is 1.32 bits per heavy atom. The molecule has 1 aromatic carbocycles. The number of halogens is 1. The minimum atomic E-state index is -0.875. The number of carbonyl (C=O) groups excluding carboxylic acids is 1. The fourth-order valence-corrected chi connectivity index (χ4v) is 3.28. The minimum absolute atomic E-state index is 0.0952. The molecule has 0 spiro atoms. The summed E-state index contributed by atoms with van der Waals surface area (Å²) in [5.74, 6) is -1.26. The zero-order valence-electron chi connectivity index (χ0n) is 13.6. The maximum atomic E-state index is 13.0. The monoisotopic (exact) mass is 358 g/mol. The standard InChI is InChI=1S/C17H15ClN4O3/c1-10-14(17(23)21-8-7-19-9-21)15(12-5-3-4-6-13(12)18)16(22(24)25)11(2)20-10/h3-9,15,20H,1-2H3. The van der Waals surface area contributed by atoms with Crippen molar-refractivity contribution in [3.63, 3.8) is 0 Å². The first-order valence-corrected chi connectivity index (χ1v) is 7.89. The summed E-state index contributed by atoms with van der Waals surface area (Å²) in [5, 5.41) is 15.0. The summed E-state index contributed by atoms with van der Waals surface area (Å²) in [5.41, 5.74) is 1.62. The zero-order valence-corrected chi connectivity index (χ0v) is 14.3. The van der Waals surface area contributed by atoms with Crippen molar-refractivity contribution < 1.29 is 9.72 Å². The number of imidazole rings is 1. The third-order valence-electron chi connectivity index (χ3n) is 4.11. The van der Waals surface area contributed by atoms with E-state index >= 15 is 0 Å². The molecule has 2 aromatic rings. The second-order valence-corrected chi connectivity index (χ2v) is 6.07. The molecule has 7 nitrogen and oxygen atoms in total. The van der Waals surface area contributed by atoms with Gasteiger partial charge in [-0.3, -0.25) is 19.5 Å². The summed E-state index contributed by atoms with van der Waals surface area (Å²) in [6, 6.07) is 6.83. The van der Waals surface area contributed by atoms with Crippen LogP contribution in [0.2, 0.25) is 5.02 Å². The van der Waals surface area contributed by atoms with Crippen molar-refractivity contribution in [1.29, 1.82) is 0 Å². The highest BCUT2D eigenvalue weighted by atomic mass is 35.5. The largest absolute Gasteiger partial charge is 0.357 e. The van der Waals surface area contributed by atoms with Crippen LogP contribution in [-0.4, -0.2) is 20.4 Å². The predicted molar refractivity (Wildman–Crippen MR) is 92.6 cm³/mol. The van der Waals surface area contributed by atoms with E-state index in [9.17, 15) is 14.9 Å². The summed E-state index contributed by atoms with van der Waals surface area (Å²) < 4.78 is 1.29. The minimum Gasteiger partial charge on any atom is -0.357 e. The van der Waals surface area contributed by atoms with Crippen LogP contribution in [0.4, 0.5) is 0 Å². The van der Waals surface area contributed by atoms with Crippen LogP contribution in [0.5, 0.6) is 0 Å². The second-order valence-electron chi connectivity index (χ2n) is 5.66. The van der Waals surface area contributed by atoms with Gasteiger partial charge in [-0.1, -0.05) is 29.8 Å². The molecule has 1 aliphatic rings. The molecular formula is C17H15ClN4O3. The molecule has 0 saturated carbocycles. The molecule has 1 atom stereocenters. The molecule has 0 amide bonds. The number of nitrogens with zero attached hydrogens (tertiary/aromatic N) is 3. The van der Waals surface area contributed by atoms with Gasteiger partial charge in [-0.15, -0.1) is 0 Å². The lowest BCUT2D eigenvalue weighted by atomic mass is 9.83. The number of rotatable bonds is 3. The molecule has 3 rings (SSSR count). The van der Waals surface area contributed by atoms with Crippen LogP contribution in [0.3, 0.4) is 0 Å². The number of benzene rings is 1. The van der Waals surface area contributed by atoms with E-state index in [-0.39, 0.29) is 17.2 Å². The van der Waals surface area contributed by atoms with Gasteiger partial charge in [0.05, 0.1) is 16.2 Å². The average molecular weight is 359 g/mol. The van der Waals surface area contributed by atoms with Gasteiger partial charge in [-0.05, 0) is 25.5 Å². The van der Waals surface area contributed by atoms with Crippen LogP contribution in [0.15, 0.2) is 65.7 Å². The van der Waals surface area contributed by atoms with Crippen molar-refractivity contribution in [2.24, 2.45) is 0 Å². The van der Waals surface area contributed by atoms with Gasteiger partial charge in [-0.25, -0.2) is 4.98 Å². The number of aromatic nitrogens is 2. The molecule has 1 aliphatic heterocycles.